The summed E-state index contributed by atoms with van der Waals surface area (Å²) >= 11 is 0. The van der Waals surface area contributed by atoms with Crippen LogP contribution in [0.2, 0.25) is 0 Å². The van der Waals surface area contributed by atoms with Crippen molar-refractivity contribution in [1.82, 2.24) is 0 Å². The molecule has 0 saturated carbocycles. The van der Waals surface area contributed by atoms with E-state index < -0.39 is 0 Å². The smallest absolute Gasteiger partial charge is 0.228 e. The van der Waals surface area contributed by atoms with Crippen molar-refractivity contribution >= 4 is 11.6 Å². The molecule has 0 fully saturated rings. The first-order valence-electron chi connectivity index (χ1n) is 6.68. The van der Waals surface area contributed by atoms with E-state index in [2.05, 4.69) is 5.32 Å². The van der Waals surface area contributed by atoms with E-state index in [0.29, 0.717) is 30.2 Å². The predicted molar refractivity (Wildman–Crippen MR) is 81.4 cm³/mol. The molecule has 0 aliphatic heterocycles. The van der Waals surface area contributed by atoms with E-state index in [1.807, 2.05) is 0 Å². The van der Waals surface area contributed by atoms with E-state index in [1.165, 1.54) is 0 Å². The third kappa shape index (κ3) is 4.50. The maximum Gasteiger partial charge on any atom is 0.228 e. The lowest BCUT2D eigenvalue weighted by atomic mass is 10.1. The van der Waals surface area contributed by atoms with Gasteiger partial charge in [0.25, 0.3) is 0 Å². The summed E-state index contributed by atoms with van der Waals surface area (Å²) in [6, 6.07) is 13.9. The van der Waals surface area contributed by atoms with Gasteiger partial charge in [0.05, 0.1) is 6.42 Å². The van der Waals surface area contributed by atoms with Gasteiger partial charge in [-0.2, -0.15) is 0 Å². The quantitative estimate of drug-likeness (QED) is 0.757. The first kappa shape index (κ1) is 14.9. The van der Waals surface area contributed by atoms with Gasteiger partial charge in [0.15, 0.2) is 0 Å². The number of amides is 1. The van der Waals surface area contributed by atoms with Crippen LogP contribution in [0.4, 0.5) is 5.69 Å². The molecule has 0 saturated heterocycles. The van der Waals surface area contributed by atoms with Crippen molar-refractivity contribution < 1.29 is 14.6 Å². The molecule has 0 aliphatic carbocycles. The van der Waals surface area contributed by atoms with Gasteiger partial charge in [-0.25, -0.2) is 0 Å². The van der Waals surface area contributed by atoms with Gasteiger partial charge in [-0.1, -0.05) is 24.3 Å². The second-order valence-electron chi connectivity index (χ2n) is 4.52. The summed E-state index contributed by atoms with van der Waals surface area (Å²) in [6.07, 6.45) is 0.112. The van der Waals surface area contributed by atoms with Crippen LogP contribution in [0.25, 0.3) is 0 Å². The third-order valence-corrected chi connectivity index (χ3v) is 2.85. The van der Waals surface area contributed by atoms with Crippen LogP contribution in [0.5, 0.6) is 11.5 Å². The molecule has 0 heterocycles. The number of anilines is 1. The molecule has 0 aromatic heterocycles. The van der Waals surface area contributed by atoms with E-state index in [9.17, 15) is 9.90 Å². The molecule has 110 valence electrons. The minimum absolute atomic E-state index is 0.112. The number of aromatic hydroxyl groups is 1. The predicted octanol–water partition coefficient (Wildman–Crippen LogP) is 1.91. The third-order valence-electron chi connectivity index (χ3n) is 2.85. The number of carbonyl (C=O) groups excluding carboxylic acids is 1. The van der Waals surface area contributed by atoms with Gasteiger partial charge in [0.2, 0.25) is 5.91 Å². The summed E-state index contributed by atoms with van der Waals surface area (Å²) in [6.45, 7) is 0.860. The highest BCUT2D eigenvalue weighted by Gasteiger charge is 2.08. The molecule has 5 heteroatoms. The minimum atomic E-state index is -0.201. The Bertz CT molecular complexity index is 614. The Balaban J connectivity index is 1.98. The van der Waals surface area contributed by atoms with Gasteiger partial charge < -0.3 is 20.9 Å². The molecule has 2 aromatic rings. The van der Waals surface area contributed by atoms with Gasteiger partial charge in [0, 0.05) is 23.9 Å². The lowest BCUT2D eigenvalue weighted by Gasteiger charge is -2.09. The van der Waals surface area contributed by atoms with Crippen molar-refractivity contribution in [3.8, 4) is 11.5 Å². The Morgan fingerprint density at radius 1 is 1.19 bits per heavy atom. The Kier molecular flexibility index (Phi) is 5.17. The molecule has 0 atom stereocenters. The summed E-state index contributed by atoms with van der Waals surface area (Å²) in [5.41, 5.74) is 6.61. The summed E-state index contributed by atoms with van der Waals surface area (Å²) < 4.78 is 5.40. The lowest BCUT2D eigenvalue weighted by Crippen LogP contribution is -2.15. The van der Waals surface area contributed by atoms with Crippen LogP contribution in [0.3, 0.4) is 0 Å². The fourth-order valence-corrected chi connectivity index (χ4v) is 1.88. The molecular formula is C16H18N2O3. The Morgan fingerprint density at radius 3 is 2.76 bits per heavy atom. The van der Waals surface area contributed by atoms with Crippen LogP contribution in [0.1, 0.15) is 5.56 Å². The van der Waals surface area contributed by atoms with Crippen LogP contribution in [0.15, 0.2) is 48.5 Å². The average Bonchev–Trinajstić information content (AvgIpc) is 2.48. The number of phenols is 1. The number of rotatable bonds is 6. The van der Waals surface area contributed by atoms with E-state index >= 15 is 0 Å². The van der Waals surface area contributed by atoms with Crippen molar-refractivity contribution in [1.29, 1.82) is 0 Å². The number of hydrogen-bond acceptors (Lipinski definition) is 4. The van der Waals surface area contributed by atoms with Crippen molar-refractivity contribution in [2.75, 3.05) is 18.5 Å². The number of phenolic OH excluding ortho intramolecular Hbond substituents is 1. The summed E-state index contributed by atoms with van der Waals surface area (Å²) in [7, 11) is 0. The monoisotopic (exact) mass is 286 g/mol. The van der Waals surface area contributed by atoms with E-state index in [-0.39, 0.29) is 18.1 Å². The number of benzene rings is 2. The Labute approximate surface area is 123 Å². The first-order chi connectivity index (χ1) is 10.2. The molecule has 21 heavy (non-hydrogen) atoms. The highest BCUT2D eigenvalue weighted by atomic mass is 16.5. The molecule has 2 rings (SSSR count). The molecule has 0 unspecified atom stereocenters. The number of ether oxygens (including phenoxy) is 1. The maximum absolute atomic E-state index is 12.0. The molecule has 2 aromatic carbocycles. The SMILES string of the molecule is NCCOc1cccc(NC(=O)Cc2ccccc2O)c1. The number of carbonyl (C=O) groups is 1. The van der Waals surface area contributed by atoms with Gasteiger partial charge in [-0.15, -0.1) is 0 Å². The molecule has 4 N–H and O–H groups in total. The second kappa shape index (κ2) is 7.31. The molecule has 0 spiro atoms. The van der Waals surface area contributed by atoms with Gasteiger partial charge in [-0.05, 0) is 18.2 Å². The van der Waals surface area contributed by atoms with Crippen molar-refractivity contribution in [3.05, 3.63) is 54.1 Å². The fourth-order valence-electron chi connectivity index (χ4n) is 1.88. The molecule has 0 bridgehead atoms. The summed E-state index contributed by atoms with van der Waals surface area (Å²) in [4.78, 5) is 12.0. The van der Waals surface area contributed by atoms with Crippen LogP contribution < -0.4 is 15.8 Å². The molecule has 0 radical (unpaired) electrons. The van der Waals surface area contributed by atoms with Crippen molar-refractivity contribution in [2.45, 2.75) is 6.42 Å². The van der Waals surface area contributed by atoms with Crippen molar-refractivity contribution in [2.24, 2.45) is 5.73 Å². The van der Waals surface area contributed by atoms with Crippen LogP contribution >= 0.6 is 0 Å². The number of hydrogen-bond donors (Lipinski definition) is 3. The van der Waals surface area contributed by atoms with Gasteiger partial charge in [0.1, 0.15) is 18.1 Å². The zero-order chi connectivity index (χ0) is 15.1. The lowest BCUT2D eigenvalue weighted by molar-refractivity contribution is -0.115. The van der Waals surface area contributed by atoms with Crippen LogP contribution in [0, 0.1) is 0 Å². The normalized spacial score (nSPS) is 10.1. The summed E-state index contributed by atoms with van der Waals surface area (Å²) in [5, 5.41) is 12.4. The number of nitrogens with one attached hydrogen (secondary N) is 1. The first-order valence-corrected chi connectivity index (χ1v) is 6.68. The van der Waals surface area contributed by atoms with E-state index in [0.717, 1.165) is 0 Å². The topological polar surface area (TPSA) is 84.6 Å². The summed E-state index contributed by atoms with van der Waals surface area (Å²) in [5.74, 6) is 0.570. The largest absolute Gasteiger partial charge is 0.508 e. The van der Waals surface area contributed by atoms with Gasteiger partial charge in [-0.3, -0.25) is 4.79 Å². The standard InChI is InChI=1S/C16H18N2O3/c17-8-9-21-14-6-3-5-13(11-14)18-16(20)10-12-4-1-2-7-15(12)19/h1-7,11,19H,8-10,17H2,(H,18,20). The maximum atomic E-state index is 12.0. The van der Waals surface area contributed by atoms with Crippen molar-refractivity contribution in [3.63, 3.8) is 0 Å². The Morgan fingerprint density at radius 2 is 2.00 bits per heavy atom. The second-order valence-corrected chi connectivity index (χ2v) is 4.52. The average molecular weight is 286 g/mol. The number of para-hydroxylation sites is 1. The highest BCUT2D eigenvalue weighted by molar-refractivity contribution is 5.92. The Hall–Kier alpha value is -2.53. The molecule has 0 aliphatic rings. The molecular weight excluding hydrogens is 268 g/mol. The molecule has 5 nitrogen and oxygen atoms in total. The molecule has 1 amide bonds. The highest BCUT2D eigenvalue weighted by Crippen LogP contribution is 2.19. The fraction of sp³-hybridized carbons (Fsp3) is 0.188. The van der Waals surface area contributed by atoms with Crippen LogP contribution in [-0.2, 0) is 11.2 Å². The minimum Gasteiger partial charge on any atom is -0.508 e. The van der Waals surface area contributed by atoms with E-state index in [4.69, 9.17) is 10.5 Å². The zero-order valence-electron chi connectivity index (χ0n) is 11.6. The van der Waals surface area contributed by atoms with Gasteiger partial charge >= 0.3 is 0 Å². The van der Waals surface area contributed by atoms with Crippen LogP contribution in [-0.4, -0.2) is 24.2 Å². The van der Waals surface area contributed by atoms with E-state index in [1.54, 1.807) is 48.5 Å². The number of nitrogens with two attached hydrogens (primary N) is 1. The zero-order valence-corrected chi connectivity index (χ0v) is 11.6.